The molecule has 144 valence electrons. The maximum absolute atomic E-state index is 12.9. The van der Waals surface area contributed by atoms with Crippen LogP contribution in [0, 0.1) is 5.92 Å². The van der Waals surface area contributed by atoms with Gasteiger partial charge in [-0.15, -0.1) is 0 Å². The first-order chi connectivity index (χ1) is 12.3. The predicted molar refractivity (Wildman–Crippen MR) is 95.1 cm³/mol. The second-order valence-corrected chi connectivity index (χ2v) is 7.37. The molecule has 0 atom stereocenters. The third kappa shape index (κ3) is 4.69. The smallest absolute Gasteiger partial charge is 0.369 e. The number of hydrogen-bond donors (Lipinski definition) is 0. The van der Waals surface area contributed by atoms with Gasteiger partial charge in [-0.05, 0) is 37.0 Å². The van der Waals surface area contributed by atoms with Gasteiger partial charge in [0, 0.05) is 45.0 Å². The number of amides is 1. The molecule has 0 aromatic heterocycles. The van der Waals surface area contributed by atoms with Crippen LogP contribution in [-0.4, -0.2) is 61.5 Å². The van der Waals surface area contributed by atoms with Crippen molar-refractivity contribution >= 4 is 11.6 Å². The first kappa shape index (κ1) is 19.0. The fraction of sp³-hybridized carbons (Fsp3) is 0.632. The number of piperazine rings is 1. The second-order valence-electron chi connectivity index (χ2n) is 7.37. The normalized spacial score (nSPS) is 20.5. The van der Waals surface area contributed by atoms with Crippen LogP contribution in [0.5, 0.6) is 0 Å². The van der Waals surface area contributed by atoms with Gasteiger partial charge in [0.25, 0.3) is 0 Å². The largest absolute Gasteiger partial charge is 0.416 e. The van der Waals surface area contributed by atoms with Crippen LogP contribution in [0.25, 0.3) is 0 Å². The van der Waals surface area contributed by atoms with Crippen LogP contribution in [0.15, 0.2) is 24.3 Å². The van der Waals surface area contributed by atoms with Crippen molar-refractivity contribution in [2.45, 2.75) is 25.9 Å². The first-order valence-electron chi connectivity index (χ1n) is 9.25. The fourth-order valence-electron chi connectivity index (χ4n) is 3.59. The lowest BCUT2D eigenvalue weighted by Crippen LogP contribution is -2.51. The summed E-state index contributed by atoms with van der Waals surface area (Å²) in [6.07, 6.45) is -2.19. The van der Waals surface area contributed by atoms with Crippen molar-refractivity contribution in [3.8, 4) is 0 Å². The Kier molecular flexibility index (Phi) is 5.75. The average Bonchev–Trinajstić information content (AvgIpc) is 2.62. The molecule has 26 heavy (non-hydrogen) atoms. The standard InChI is InChI=1S/C19H26F3N3O/c1-15-5-7-25(8-6-15)18(26)14-23-9-11-24(12-10-23)17-4-2-3-16(13-17)19(20,21)22/h2-4,13,15H,5-12,14H2,1H3. The molecule has 3 rings (SSSR count). The van der Waals surface area contributed by atoms with Crippen LogP contribution in [0.1, 0.15) is 25.3 Å². The van der Waals surface area contributed by atoms with Gasteiger partial charge in [-0.25, -0.2) is 0 Å². The zero-order chi connectivity index (χ0) is 18.7. The number of anilines is 1. The van der Waals surface area contributed by atoms with Gasteiger partial charge in [-0.3, -0.25) is 9.69 Å². The minimum Gasteiger partial charge on any atom is -0.369 e. The number of alkyl halides is 3. The zero-order valence-electron chi connectivity index (χ0n) is 15.1. The van der Waals surface area contributed by atoms with Gasteiger partial charge in [0.15, 0.2) is 0 Å². The van der Waals surface area contributed by atoms with Crippen LogP contribution >= 0.6 is 0 Å². The molecule has 1 amide bonds. The molecule has 2 saturated heterocycles. The summed E-state index contributed by atoms with van der Waals surface area (Å²) in [6, 6.07) is 5.46. The predicted octanol–water partition coefficient (Wildman–Crippen LogP) is 3.09. The molecule has 0 spiro atoms. The van der Waals surface area contributed by atoms with E-state index in [1.165, 1.54) is 12.1 Å². The molecule has 0 N–H and O–H groups in total. The topological polar surface area (TPSA) is 26.8 Å². The summed E-state index contributed by atoms with van der Waals surface area (Å²) in [5.41, 5.74) is -0.0252. The lowest BCUT2D eigenvalue weighted by atomic mass is 9.99. The van der Waals surface area contributed by atoms with E-state index in [9.17, 15) is 18.0 Å². The van der Waals surface area contributed by atoms with Crippen molar-refractivity contribution in [2.75, 3.05) is 50.7 Å². The second kappa shape index (κ2) is 7.86. The Morgan fingerprint density at radius 1 is 1.08 bits per heavy atom. The average molecular weight is 369 g/mol. The van der Waals surface area contributed by atoms with E-state index in [0.717, 1.165) is 32.0 Å². The fourth-order valence-corrected chi connectivity index (χ4v) is 3.59. The SMILES string of the molecule is CC1CCN(C(=O)CN2CCN(c3cccc(C(F)(F)F)c3)CC2)CC1. The molecule has 0 aliphatic carbocycles. The van der Waals surface area contributed by atoms with Gasteiger partial charge >= 0.3 is 6.18 Å². The highest BCUT2D eigenvalue weighted by molar-refractivity contribution is 5.78. The highest BCUT2D eigenvalue weighted by Crippen LogP contribution is 2.31. The maximum Gasteiger partial charge on any atom is 0.416 e. The number of carbonyl (C=O) groups excluding carboxylic acids is 1. The van der Waals surface area contributed by atoms with Gasteiger partial charge in [0.1, 0.15) is 0 Å². The minimum absolute atomic E-state index is 0.171. The van der Waals surface area contributed by atoms with Gasteiger partial charge in [-0.2, -0.15) is 13.2 Å². The van der Waals surface area contributed by atoms with Crippen molar-refractivity contribution in [3.05, 3.63) is 29.8 Å². The van der Waals surface area contributed by atoms with E-state index < -0.39 is 11.7 Å². The molecule has 0 radical (unpaired) electrons. The number of benzene rings is 1. The van der Waals surface area contributed by atoms with E-state index in [-0.39, 0.29) is 5.91 Å². The summed E-state index contributed by atoms with van der Waals surface area (Å²) in [7, 11) is 0. The molecule has 1 aromatic rings. The highest BCUT2D eigenvalue weighted by atomic mass is 19.4. The quantitative estimate of drug-likeness (QED) is 0.819. The molecule has 2 aliphatic rings. The summed E-state index contributed by atoms with van der Waals surface area (Å²) in [5.74, 6) is 0.861. The molecule has 2 fully saturated rings. The Morgan fingerprint density at radius 2 is 1.73 bits per heavy atom. The van der Waals surface area contributed by atoms with Crippen LogP contribution in [0.4, 0.5) is 18.9 Å². The third-order valence-electron chi connectivity index (χ3n) is 5.41. The maximum atomic E-state index is 12.9. The summed E-state index contributed by atoms with van der Waals surface area (Å²) < 4.78 is 38.6. The Hall–Kier alpha value is -1.76. The highest BCUT2D eigenvalue weighted by Gasteiger charge is 2.31. The number of piperidine rings is 1. The molecule has 0 saturated carbocycles. The van der Waals surface area contributed by atoms with E-state index in [1.807, 2.05) is 9.80 Å². The lowest BCUT2D eigenvalue weighted by molar-refractivity contribution is -0.137. The van der Waals surface area contributed by atoms with Gasteiger partial charge in [-0.1, -0.05) is 13.0 Å². The van der Waals surface area contributed by atoms with E-state index in [1.54, 1.807) is 6.07 Å². The van der Waals surface area contributed by atoms with Crippen LogP contribution in [0.3, 0.4) is 0 Å². The lowest BCUT2D eigenvalue weighted by Gasteiger charge is -2.37. The van der Waals surface area contributed by atoms with E-state index in [2.05, 4.69) is 11.8 Å². The molecule has 1 aromatic carbocycles. The number of carbonyl (C=O) groups is 1. The Labute approximate surface area is 152 Å². The molecular weight excluding hydrogens is 343 g/mol. The monoisotopic (exact) mass is 369 g/mol. The Bertz CT molecular complexity index is 619. The van der Waals surface area contributed by atoms with Crippen LogP contribution < -0.4 is 4.90 Å². The Balaban J connectivity index is 1.51. The van der Waals surface area contributed by atoms with E-state index in [4.69, 9.17) is 0 Å². The van der Waals surface area contributed by atoms with E-state index in [0.29, 0.717) is 44.3 Å². The molecule has 7 heteroatoms. The van der Waals surface area contributed by atoms with Crippen molar-refractivity contribution in [2.24, 2.45) is 5.92 Å². The molecule has 4 nitrogen and oxygen atoms in total. The summed E-state index contributed by atoms with van der Waals surface area (Å²) >= 11 is 0. The molecule has 2 heterocycles. The van der Waals surface area contributed by atoms with Crippen molar-refractivity contribution in [3.63, 3.8) is 0 Å². The molecule has 2 aliphatic heterocycles. The zero-order valence-corrected chi connectivity index (χ0v) is 15.1. The van der Waals surface area contributed by atoms with Gasteiger partial charge < -0.3 is 9.80 Å². The number of rotatable bonds is 3. The van der Waals surface area contributed by atoms with Crippen molar-refractivity contribution in [1.29, 1.82) is 0 Å². The molecular formula is C19H26F3N3O. The number of nitrogens with zero attached hydrogens (tertiary/aromatic N) is 3. The minimum atomic E-state index is -4.32. The van der Waals surface area contributed by atoms with Crippen LogP contribution in [-0.2, 0) is 11.0 Å². The van der Waals surface area contributed by atoms with Crippen molar-refractivity contribution in [1.82, 2.24) is 9.80 Å². The summed E-state index contributed by atoms with van der Waals surface area (Å²) in [5, 5.41) is 0. The number of halogens is 3. The summed E-state index contributed by atoms with van der Waals surface area (Å²) in [4.78, 5) is 18.4. The molecule has 0 unspecified atom stereocenters. The Morgan fingerprint density at radius 3 is 2.35 bits per heavy atom. The van der Waals surface area contributed by atoms with Gasteiger partial charge in [0.2, 0.25) is 5.91 Å². The number of hydrogen-bond acceptors (Lipinski definition) is 3. The third-order valence-corrected chi connectivity index (χ3v) is 5.41. The molecule has 0 bridgehead atoms. The number of likely N-dealkylation sites (tertiary alicyclic amines) is 1. The first-order valence-corrected chi connectivity index (χ1v) is 9.25. The van der Waals surface area contributed by atoms with E-state index >= 15 is 0 Å². The van der Waals surface area contributed by atoms with Crippen molar-refractivity contribution < 1.29 is 18.0 Å². The van der Waals surface area contributed by atoms with Crippen LogP contribution in [0.2, 0.25) is 0 Å². The summed E-state index contributed by atoms with van der Waals surface area (Å²) in [6.45, 7) is 6.93. The van der Waals surface area contributed by atoms with Gasteiger partial charge in [0.05, 0.1) is 12.1 Å².